The zero-order valence-corrected chi connectivity index (χ0v) is 10.8. The summed E-state index contributed by atoms with van der Waals surface area (Å²) < 4.78 is 0. The van der Waals surface area contributed by atoms with Crippen molar-refractivity contribution in [2.45, 2.75) is 46.1 Å². The summed E-state index contributed by atoms with van der Waals surface area (Å²) in [5, 5.41) is 6.93. The van der Waals surface area contributed by atoms with E-state index in [-0.39, 0.29) is 0 Å². The lowest BCUT2D eigenvalue weighted by Crippen LogP contribution is -2.35. The normalized spacial score (nSPS) is 15.1. The van der Waals surface area contributed by atoms with Gasteiger partial charge in [-0.2, -0.15) is 0 Å². The standard InChI is InChI=1S/C12H22N2S/c1-4-6-13-11(5-2)10(3)9-12-14-7-8-15-12/h7-8,10-11,13H,4-6,9H2,1-3H3. The van der Waals surface area contributed by atoms with Crippen LogP contribution in [0, 0.1) is 5.92 Å². The average Bonchev–Trinajstić information content (AvgIpc) is 2.71. The summed E-state index contributed by atoms with van der Waals surface area (Å²) in [4.78, 5) is 4.34. The fraction of sp³-hybridized carbons (Fsp3) is 0.750. The highest BCUT2D eigenvalue weighted by Crippen LogP contribution is 2.16. The Labute approximate surface area is 97.1 Å². The lowest BCUT2D eigenvalue weighted by Gasteiger charge is -2.23. The van der Waals surface area contributed by atoms with Crippen molar-refractivity contribution < 1.29 is 0 Å². The van der Waals surface area contributed by atoms with Crippen molar-refractivity contribution in [2.75, 3.05) is 6.54 Å². The Hall–Kier alpha value is -0.410. The molecule has 0 amide bonds. The minimum absolute atomic E-state index is 0.633. The third-order valence-corrected chi connectivity index (χ3v) is 3.57. The zero-order chi connectivity index (χ0) is 11.1. The van der Waals surface area contributed by atoms with Gasteiger partial charge in [-0.3, -0.25) is 0 Å². The van der Waals surface area contributed by atoms with Gasteiger partial charge in [0.2, 0.25) is 0 Å². The molecule has 1 N–H and O–H groups in total. The molecule has 0 aliphatic heterocycles. The van der Waals surface area contributed by atoms with E-state index in [9.17, 15) is 0 Å². The molecular weight excluding hydrogens is 204 g/mol. The van der Waals surface area contributed by atoms with Crippen LogP contribution in [-0.4, -0.2) is 17.6 Å². The summed E-state index contributed by atoms with van der Waals surface area (Å²) in [7, 11) is 0. The molecule has 1 aromatic heterocycles. The summed E-state index contributed by atoms with van der Waals surface area (Å²) in [5.41, 5.74) is 0. The van der Waals surface area contributed by atoms with Gasteiger partial charge in [0.15, 0.2) is 0 Å². The van der Waals surface area contributed by atoms with Crippen LogP contribution >= 0.6 is 11.3 Å². The Morgan fingerprint density at radius 1 is 1.47 bits per heavy atom. The molecular formula is C12H22N2S. The van der Waals surface area contributed by atoms with E-state index in [1.807, 2.05) is 6.20 Å². The van der Waals surface area contributed by atoms with Crippen molar-refractivity contribution in [3.63, 3.8) is 0 Å². The summed E-state index contributed by atoms with van der Waals surface area (Å²) in [6.45, 7) is 7.91. The highest BCUT2D eigenvalue weighted by atomic mass is 32.1. The second-order valence-corrected chi connectivity index (χ2v) is 5.06. The molecule has 2 unspecified atom stereocenters. The van der Waals surface area contributed by atoms with E-state index in [0.717, 1.165) is 13.0 Å². The maximum absolute atomic E-state index is 4.34. The van der Waals surface area contributed by atoms with Crippen molar-refractivity contribution in [3.05, 3.63) is 16.6 Å². The topological polar surface area (TPSA) is 24.9 Å². The van der Waals surface area contributed by atoms with Crippen molar-refractivity contribution in [3.8, 4) is 0 Å². The van der Waals surface area contributed by atoms with Gasteiger partial charge in [0.05, 0.1) is 5.01 Å². The van der Waals surface area contributed by atoms with Crippen LogP contribution in [0.2, 0.25) is 0 Å². The molecule has 0 spiro atoms. The number of hydrogen-bond donors (Lipinski definition) is 1. The van der Waals surface area contributed by atoms with Crippen LogP contribution in [0.15, 0.2) is 11.6 Å². The summed E-state index contributed by atoms with van der Waals surface area (Å²) in [5.74, 6) is 0.674. The van der Waals surface area contributed by atoms with Gasteiger partial charge in [-0.25, -0.2) is 4.98 Å². The first kappa shape index (κ1) is 12.7. The quantitative estimate of drug-likeness (QED) is 0.773. The molecule has 1 heterocycles. The van der Waals surface area contributed by atoms with E-state index < -0.39 is 0 Å². The Morgan fingerprint density at radius 2 is 2.27 bits per heavy atom. The summed E-state index contributed by atoms with van der Waals surface area (Å²) in [6, 6.07) is 0.633. The minimum Gasteiger partial charge on any atom is -0.314 e. The molecule has 0 aliphatic rings. The average molecular weight is 226 g/mol. The van der Waals surface area contributed by atoms with Gasteiger partial charge in [-0.15, -0.1) is 11.3 Å². The van der Waals surface area contributed by atoms with Crippen LogP contribution in [0.25, 0.3) is 0 Å². The second-order valence-electron chi connectivity index (χ2n) is 4.08. The van der Waals surface area contributed by atoms with E-state index in [0.29, 0.717) is 12.0 Å². The molecule has 1 aromatic rings. The van der Waals surface area contributed by atoms with Gasteiger partial charge in [0, 0.05) is 24.0 Å². The molecule has 0 fully saturated rings. The maximum atomic E-state index is 4.34. The Balaban J connectivity index is 2.39. The monoisotopic (exact) mass is 226 g/mol. The predicted octanol–water partition coefficient (Wildman–Crippen LogP) is 3.10. The first-order valence-electron chi connectivity index (χ1n) is 5.89. The summed E-state index contributed by atoms with van der Waals surface area (Å²) >= 11 is 1.76. The summed E-state index contributed by atoms with van der Waals surface area (Å²) in [6.07, 6.45) is 5.41. The van der Waals surface area contributed by atoms with Crippen LogP contribution in [0.4, 0.5) is 0 Å². The van der Waals surface area contributed by atoms with Gasteiger partial charge in [-0.1, -0.05) is 20.8 Å². The molecule has 86 valence electrons. The lowest BCUT2D eigenvalue weighted by molar-refractivity contribution is 0.364. The van der Waals surface area contributed by atoms with Crippen LogP contribution < -0.4 is 5.32 Å². The molecule has 3 heteroatoms. The Kier molecular flexibility index (Phi) is 5.88. The molecule has 0 aliphatic carbocycles. The van der Waals surface area contributed by atoms with Gasteiger partial charge in [0.1, 0.15) is 0 Å². The fourth-order valence-corrected chi connectivity index (χ4v) is 2.61. The van der Waals surface area contributed by atoms with Crippen LogP contribution in [0.3, 0.4) is 0 Å². The van der Waals surface area contributed by atoms with Crippen LogP contribution in [0.1, 0.15) is 38.6 Å². The largest absolute Gasteiger partial charge is 0.314 e. The third-order valence-electron chi connectivity index (χ3n) is 2.76. The highest BCUT2D eigenvalue weighted by Gasteiger charge is 2.15. The van der Waals surface area contributed by atoms with Gasteiger partial charge in [0.25, 0.3) is 0 Å². The molecule has 2 nitrogen and oxygen atoms in total. The zero-order valence-electron chi connectivity index (χ0n) is 9.99. The van der Waals surface area contributed by atoms with E-state index in [1.54, 1.807) is 11.3 Å². The SMILES string of the molecule is CCCNC(CC)C(C)Cc1nccs1. The smallest absolute Gasteiger partial charge is 0.0928 e. The molecule has 0 saturated carbocycles. The van der Waals surface area contributed by atoms with E-state index in [2.05, 4.69) is 36.5 Å². The molecule has 15 heavy (non-hydrogen) atoms. The highest BCUT2D eigenvalue weighted by molar-refractivity contribution is 7.09. The van der Waals surface area contributed by atoms with Gasteiger partial charge >= 0.3 is 0 Å². The second kappa shape index (κ2) is 6.96. The lowest BCUT2D eigenvalue weighted by atomic mass is 9.96. The van der Waals surface area contributed by atoms with Gasteiger partial charge < -0.3 is 5.32 Å². The van der Waals surface area contributed by atoms with Gasteiger partial charge in [-0.05, 0) is 25.3 Å². The van der Waals surface area contributed by atoms with E-state index >= 15 is 0 Å². The van der Waals surface area contributed by atoms with Crippen molar-refractivity contribution >= 4 is 11.3 Å². The number of nitrogens with one attached hydrogen (secondary N) is 1. The Bertz CT molecular complexity index is 246. The molecule has 0 bridgehead atoms. The van der Waals surface area contributed by atoms with E-state index in [1.165, 1.54) is 17.8 Å². The maximum Gasteiger partial charge on any atom is 0.0928 e. The number of aromatic nitrogens is 1. The third kappa shape index (κ3) is 4.31. The first-order valence-corrected chi connectivity index (χ1v) is 6.77. The van der Waals surface area contributed by atoms with Crippen molar-refractivity contribution in [1.82, 2.24) is 10.3 Å². The molecule has 0 radical (unpaired) electrons. The number of rotatable bonds is 7. The van der Waals surface area contributed by atoms with Crippen molar-refractivity contribution in [1.29, 1.82) is 0 Å². The van der Waals surface area contributed by atoms with Crippen molar-refractivity contribution in [2.24, 2.45) is 5.92 Å². The van der Waals surface area contributed by atoms with Crippen LogP contribution in [-0.2, 0) is 6.42 Å². The number of thiazole rings is 1. The fourth-order valence-electron chi connectivity index (χ4n) is 1.85. The molecule has 0 saturated heterocycles. The molecule has 1 rings (SSSR count). The molecule has 2 atom stereocenters. The molecule has 0 aromatic carbocycles. The Morgan fingerprint density at radius 3 is 2.80 bits per heavy atom. The number of hydrogen-bond acceptors (Lipinski definition) is 3. The number of nitrogens with zero attached hydrogens (tertiary/aromatic N) is 1. The van der Waals surface area contributed by atoms with Crippen LogP contribution in [0.5, 0.6) is 0 Å². The predicted molar refractivity (Wildman–Crippen MR) is 67.4 cm³/mol. The van der Waals surface area contributed by atoms with E-state index in [4.69, 9.17) is 0 Å². The first-order chi connectivity index (χ1) is 7.27. The minimum atomic E-state index is 0.633.